The Morgan fingerprint density at radius 3 is 2.69 bits per heavy atom. The normalized spacial score (nSPS) is 14.4. The monoisotopic (exact) mass is 389 g/mol. The summed E-state index contributed by atoms with van der Waals surface area (Å²) in [5.74, 6) is 0.701. The van der Waals surface area contributed by atoms with E-state index in [-0.39, 0.29) is 5.91 Å². The summed E-state index contributed by atoms with van der Waals surface area (Å²) >= 11 is 0. The van der Waals surface area contributed by atoms with Crippen LogP contribution in [-0.2, 0) is 16.0 Å². The first-order valence-electron chi connectivity index (χ1n) is 9.46. The lowest BCUT2D eigenvalue weighted by Crippen LogP contribution is -2.41. The molecule has 3 heterocycles. The molecule has 1 aliphatic heterocycles. The summed E-state index contributed by atoms with van der Waals surface area (Å²) in [6, 6.07) is 15.4. The van der Waals surface area contributed by atoms with E-state index in [0.717, 1.165) is 22.3 Å². The van der Waals surface area contributed by atoms with E-state index in [2.05, 4.69) is 25.8 Å². The van der Waals surface area contributed by atoms with Crippen LogP contribution in [0, 0.1) is 0 Å². The third-order valence-corrected chi connectivity index (χ3v) is 4.96. The molecule has 146 valence electrons. The summed E-state index contributed by atoms with van der Waals surface area (Å²) in [7, 11) is 0. The largest absolute Gasteiger partial charge is 0.378 e. The fraction of sp³-hybridized carbons (Fsp3) is 0.250. The number of benzene rings is 2. The maximum absolute atomic E-state index is 12.4. The molecule has 4 aromatic rings. The standard InChI is InChI=1S/C20H19N7O2/c28-18(26-9-11-29-12-10-26)13-14-5-7-15(8-6-14)21-19-20-23-24-25-27(20)17-4-2-1-3-16(17)22-19/h1-8H,9-13H2,(H,21,22). The van der Waals surface area contributed by atoms with E-state index < -0.39 is 0 Å². The molecule has 0 atom stereocenters. The molecule has 0 unspecified atom stereocenters. The molecule has 0 spiro atoms. The highest BCUT2D eigenvalue weighted by molar-refractivity contribution is 5.83. The highest BCUT2D eigenvalue weighted by Gasteiger charge is 2.17. The van der Waals surface area contributed by atoms with Crippen molar-refractivity contribution in [3.63, 3.8) is 0 Å². The number of ether oxygens (including phenoxy) is 1. The van der Waals surface area contributed by atoms with E-state index in [0.29, 0.717) is 44.2 Å². The molecule has 1 N–H and O–H groups in total. The van der Waals surface area contributed by atoms with E-state index >= 15 is 0 Å². The average molecular weight is 389 g/mol. The summed E-state index contributed by atoms with van der Waals surface area (Å²) < 4.78 is 6.97. The number of carbonyl (C=O) groups is 1. The summed E-state index contributed by atoms with van der Waals surface area (Å²) in [5.41, 5.74) is 4.00. The lowest BCUT2D eigenvalue weighted by Gasteiger charge is -2.26. The van der Waals surface area contributed by atoms with Crippen LogP contribution in [-0.4, -0.2) is 62.1 Å². The second kappa shape index (κ2) is 7.44. The molecule has 29 heavy (non-hydrogen) atoms. The number of morpholine rings is 1. The summed E-state index contributed by atoms with van der Waals surface area (Å²) in [6.07, 6.45) is 0.382. The fourth-order valence-electron chi connectivity index (χ4n) is 3.43. The predicted octanol–water partition coefficient (Wildman–Crippen LogP) is 1.82. The number of fused-ring (bicyclic) bond motifs is 3. The van der Waals surface area contributed by atoms with Crippen molar-refractivity contribution in [3.05, 3.63) is 54.1 Å². The van der Waals surface area contributed by atoms with Gasteiger partial charge in [-0.15, -0.1) is 5.10 Å². The minimum Gasteiger partial charge on any atom is -0.378 e. The maximum Gasteiger partial charge on any atom is 0.227 e. The number of para-hydroxylation sites is 2. The molecule has 0 radical (unpaired) electrons. The molecule has 0 bridgehead atoms. The Labute approximate surface area is 166 Å². The molecule has 2 aromatic heterocycles. The second-order valence-corrected chi connectivity index (χ2v) is 6.86. The van der Waals surface area contributed by atoms with Gasteiger partial charge in [0, 0.05) is 18.8 Å². The first-order chi connectivity index (χ1) is 14.3. The van der Waals surface area contributed by atoms with Crippen LogP contribution in [0.5, 0.6) is 0 Å². The van der Waals surface area contributed by atoms with Gasteiger partial charge in [-0.1, -0.05) is 24.3 Å². The molecule has 0 saturated carbocycles. The zero-order valence-corrected chi connectivity index (χ0v) is 15.7. The minimum atomic E-state index is 0.126. The molecule has 9 heteroatoms. The number of hydrogen-bond acceptors (Lipinski definition) is 7. The molecule has 9 nitrogen and oxygen atoms in total. The zero-order chi connectivity index (χ0) is 19.6. The maximum atomic E-state index is 12.4. The summed E-state index contributed by atoms with van der Waals surface area (Å²) in [4.78, 5) is 18.9. The third-order valence-electron chi connectivity index (χ3n) is 4.96. The number of rotatable bonds is 4. The number of carbonyl (C=O) groups excluding carboxylic acids is 1. The summed E-state index contributed by atoms with van der Waals surface area (Å²) in [6.45, 7) is 2.54. The van der Waals surface area contributed by atoms with Gasteiger partial charge in [0.15, 0.2) is 5.82 Å². The molecule has 1 amide bonds. The number of amides is 1. The predicted molar refractivity (Wildman–Crippen MR) is 107 cm³/mol. The van der Waals surface area contributed by atoms with Crippen molar-refractivity contribution < 1.29 is 9.53 Å². The second-order valence-electron chi connectivity index (χ2n) is 6.86. The van der Waals surface area contributed by atoms with Crippen molar-refractivity contribution in [3.8, 4) is 0 Å². The Bertz CT molecular complexity index is 1170. The number of hydrogen-bond donors (Lipinski definition) is 1. The van der Waals surface area contributed by atoms with E-state index in [9.17, 15) is 4.79 Å². The number of anilines is 2. The highest BCUT2D eigenvalue weighted by atomic mass is 16.5. The number of nitrogens with zero attached hydrogens (tertiary/aromatic N) is 6. The lowest BCUT2D eigenvalue weighted by molar-refractivity contribution is -0.134. The van der Waals surface area contributed by atoms with Crippen LogP contribution in [0.15, 0.2) is 48.5 Å². The zero-order valence-electron chi connectivity index (χ0n) is 15.7. The van der Waals surface area contributed by atoms with Crippen LogP contribution in [0.25, 0.3) is 16.7 Å². The van der Waals surface area contributed by atoms with E-state index in [1.807, 2.05) is 53.4 Å². The lowest BCUT2D eigenvalue weighted by atomic mass is 10.1. The van der Waals surface area contributed by atoms with Gasteiger partial charge < -0.3 is 15.0 Å². The van der Waals surface area contributed by atoms with Gasteiger partial charge in [-0.05, 0) is 40.3 Å². The average Bonchev–Trinajstić information content (AvgIpc) is 3.26. The number of tetrazole rings is 1. The Morgan fingerprint density at radius 1 is 1.07 bits per heavy atom. The quantitative estimate of drug-likeness (QED) is 0.568. The van der Waals surface area contributed by atoms with Crippen LogP contribution >= 0.6 is 0 Å². The topological polar surface area (TPSA) is 97.5 Å². The van der Waals surface area contributed by atoms with Gasteiger partial charge in [-0.2, -0.15) is 4.52 Å². The van der Waals surface area contributed by atoms with Crippen molar-refractivity contribution in [2.45, 2.75) is 6.42 Å². The Balaban J connectivity index is 1.35. The first kappa shape index (κ1) is 17.5. The molecule has 1 saturated heterocycles. The summed E-state index contributed by atoms with van der Waals surface area (Å²) in [5, 5.41) is 15.2. The van der Waals surface area contributed by atoms with Crippen molar-refractivity contribution in [2.24, 2.45) is 0 Å². The van der Waals surface area contributed by atoms with Crippen LogP contribution in [0.3, 0.4) is 0 Å². The molecule has 1 fully saturated rings. The SMILES string of the molecule is O=C(Cc1ccc(Nc2nc3ccccc3n3nnnc23)cc1)N1CCOCC1. The number of aromatic nitrogens is 5. The van der Waals surface area contributed by atoms with Gasteiger partial charge in [0.25, 0.3) is 0 Å². The molecular weight excluding hydrogens is 370 g/mol. The minimum absolute atomic E-state index is 0.126. The molecule has 5 rings (SSSR count). The Kier molecular flexibility index (Phi) is 4.49. The van der Waals surface area contributed by atoms with Gasteiger partial charge >= 0.3 is 0 Å². The molecule has 0 aliphatic carbocycles. The van der Waals surface area contributed by atoms with Crippen LogP contribution < -0.4 is 5.32 Å². The first-order valence-corrected chi connectivity index (χ1v) is 9.46. The number of nitrogens with one attached hydrogen (secondary N) is 1. The fourth-order valence-corrected chi connectivity index (χ4v) is 3.43. The van der Waals surface area contributed by atoms with Gasteiger partial charge in [0.2, 0.25) is 11.6 Å². The smallest absolute Gasteiger partial charge is 0.227 e. The van der Waals surface area contributed by atoms with Gasteiger partial charge in [-0.3, -0.25) is 4.79 Å². The molecular formula is C20H19N7O2. The van der Waals surface area contributed by atoms with Gasteiger partial charge in [0.1, 0.15) is 0 Å². The van der Waals surface area contributed by atoms with Crippen LogP contribution in [0.4, 0.5) is 11.5 Å². The van der Waals surface area contributed by atoms with Crippen LogP contribution in [0.2, 0.25) is 0 Å². The van der Waals surface area contributed by atoms with Crippen molar-refractivity contribution in [1.82, 2.24) is 29.9 Å². The molecule has 2 aromatic carbocycles. The Morgan fingerprint density at radius 2 is 1.86 bits per heavy atom. The molecule has 1 aliphatic rings. The van der Waals surface area contributed by atoms with Crippen molar-refractivity contribution in [2.75, 3.05) is 31.6 Å². The van der Waals surface area contributed by atoms with Crippen LogP contribution in [0.1, 0.15) is 5.56 Å². The van der Waals surface area contributed by atoms with E-state index in [4.69, 9.17) is 4.74 Å². The highest BCUT2D eigenvalue weighted by Crippen LogP contribution is 2.22. The van der Waals surface area contributed by atoms with Crippen molar-refractivity contribution >= 4 is 34.1 Å². The van der Waals surface area contributed by atoms with E-state index in [1.165, 1.54) is 0 Å². The van der Waals surface area contributed by atoms with Gasteiger partial charge in [-0.25, -0.2) is 4.98 Å². The van der Waals surface area contributed by atoms with Crippen molar-refractivity contribution in [1.29, 1.82) is 0 Å². The van der Waals surface area contributed by atoms with Gasteiger partial charge in [0.05, 0.1) is 30.7 Å². The van der Waals surface area contributed by atoms with E-state index in [1.54, 1.807) is 4.52 Å². The Hall–Kier alpha value is -3.59. The third kappa shape index (κ3) is 3.47.